The molecule has 1 aliphatic rings. The van der Waals surface area contributed by atoms with Crippen LogP contribution in [0.2, 0.25) is 0 Å². The number of aryl methyl sites for hydroxylation is 1. The van der Waals surface area contributed by atoms with E-state index in [1.165, 1.54) is 5.56 Å². The molecule has 2 rings (SSSR count). The van der Waals surface area contributed by atoms with Gasteiger partial charge < -0.3 is 10.5 Å². The van der Waals surface area contributed by atoms with Crippen molar-refractivity contribution in [2.75, 3.05) is 13.2 Å². The molecule has 0 aliphatic carbocycles. The summed E-state index contributed by atoms with van der Waals surface area (Å²) in [6.45, 7) is 3.67. The first-order valence-corrected chi connectivity index (χ1v) is 5.04. The highest BCUT2D eigenvalue weighted by atomic mass is 16.5. The van der Waals surface area contributed by atoms with Gasteiger partial charge >= 0.3 is 0 Å². The molecule has 2 heterocycles. The van der Waals surface area contributed by atoms with Crippen LogP contribution in [0.5, 0.6) is 0 Å². The minimum absolute atomic E-state index is 0.0266. The van der Waals surface area contributed by atoms with Crippen LogP contribution < -0.4 is 5.73 Å². The fourth-order valence-corrected chi connectivity index (χ4v) is 1.91. The molecule has 0 radical (unpaired) electrons. The Hall–Kier alpha value is -0.930. The molecule has 3 nitrogen and oxygen atoms in total. The molecule has 1 saturated heterocycles. The number of pyridine rings is 1. The van der Waals surface area contributed by atoms with Gasteiger partial charge in [0.1, 0.15) is 0 Å². The molecule has 2 atom stereocenters. The normalized spacial score (nSPS) is 23.7. The zero-order valence-corrected chi connectivity index (χ0v) is 8.44. The maximum atomic E-state index is 6.16. The van der Waals surface area contributed by atoms with Gasteiger partial charge in [0.15, 0.2) is 0 Å². The molecule has 1 aromatic heterocycles. The topological polar surface area (TPSA) is 48.1 Å². The van der Waals surface area contributed by atoms with Crippen molar-refractivity contribution < 1.29 is 4.74 Å². The minimum Gasteiger partial charge on any atom is -0.381 e. The lowest BCUT2D eigenvalue weighted by molar-refractivity contribution is 0.180. The van der Waals surface area contributed by atoms with Gasteiger partial charge in [-0.2, -0.15) is 0 Å². The van der Waals surface area contributed by atoms with E-state index in [0.29, 0.717) is 5.92 Å². The number of hydrogen-bond acceptors (Lipinski definition) is 3. The van der Waals surface area contributed by atoms with Gasteiger partial charge in [0.25, 0.3) is 0 Å². The Kier molecular flexibility index (Phi) is 2.79. The quantitative estimate of drug-likeness (QED) is 0.771. The summed E-state index contributed by atoms with van der Waals surface area (Å²) < 4.78 is 5.33. The van der Waals surface area contributed by atoms with Crippen molar-refractivity contribution >= 4 is 0 Å². The van der Waals surface area contributed by atoms with Crippen LogP contribution in [-0.4, -0.2) is 18.2 Å². The van der Waals surface area contributed by atoms with Gasteiger partial charge in [0.05, 0.1) is 18.3 Å². The van der Waals surface area contributed by atoms with Gasteiger partial charge in [-0.3, -0.25) is 4.98 Å². The molecule has 1 aliphatic heterocycles. The van der Waals surface area contributed by atoms with Crippen LogP contribution >= 0.6 is 0 Å². The van der Waals surface area contributed by atoms with Gasteiger partial charge in [-0.15, -0.1) is 0 Å². The lowest BCUT2D eigenvalue weighted by Crippen LogP contribution is -2.23. The van der Waals surface area contributed by atoms with Crippen molar-refractivity contribution in [2.45, 2.75) is 19.4 Å². The second-order valence-electron chi connectivity index (χ2n) is 3.85. The molecular formula is C11H16N2O. The monoisotopic (exact) mass is 192 g/mol. The lowest BCUT2D eigenvalue weighted by Gasteiger charge is -2.18. The Morgan fingerprint density at radius 2 is 2.50 bits per heavy atom. The van der Waals surface area contributed by atoms with Crippen molar-refractivity contribution in [2.24, 2.45) is 11.7 Å². The van der Waals surface area contributed by atoms with Crippen LogP contribution in [0, 0.1) is 12.8 Å². The summed E-state index contributed by atoms with van der Waals surface area (Å²) in [5.74, 6) is 0.434. The average Bonchev–Trinajstić information content (AvgIpc) is 2.70. The first kappa shape index (κ1) is 9.62. The molecule has 2 N–H and O–H groups in total. The maximum absolute atomic E-state index is 6.16. The van der Waals surface area contributed by atoms with E-state index in [2.05, 4.69) is 18.0 Å². The number of ether oxygens (including phenoxy) is 1. The van der Waals surface area contributed by atoms with Crippen molar-refractivity contribution in [3.8, 4) is 0 Å². The van der Waals surface area contributed by atoms with E-state index in [4.69, 9.17) is 10.5 Å². The summed E-state index contributed by atoms with van der Waals surface area (Å²) in [5.41, 5.74) is 8.35. The molecule has 1 fully saturated rings. The largest absolute Gasteiger partial charge is 0.381 e. The number of nitrogens with two attached hydrogens (primary N) is 1. The minimum atomic E-state index is 0.0266. The van der Waals surface area contributed by atoms with Gasteiger partial charge in [0.2, 0.25) is 0 Å². The van der Waals surface area contributed by atoms with Crippen molar-refractivity contribution in [3.05, 3.63) is 29.6 Å². The van der Waals surface area contributed by atoms with E-state index in [-0.39, 0.29) is 6.04 Å². The summed E-state index contributed by atoms with van der Waals surface area (Å²) in [7, 11) is 0. The van der Waals surface area contributed by atoms with E-state index in [0.717, 1.165) is 25.3 Å². The number of hydrogen-bond donors (Lipinski definition) is 1. The van der Waals surface area contributed by atoms with Crippen LogP contribution in [-0.2, 0) is 4.74 Å². The fourth-order valence-electron chi connectivity index (χ4n) is 1.91. The van der Waals surface area contributed by atoms with E-state index in [9.17, 15) is 0 Å². The molecule has 0 aromatic carbocycles. The lowest BCUT2D eigenvalue weighted by atomic mass is 9.94. The highest BCUT2D eigenvalue weighted by Gasteiger charge is 2.25. The van der Waals surface area contributed by atoms with Crippen LogP contribution in [0.25, 0.3) is 0 Å². The third-order valence-corrected chi connectivity index (χ3v) is 2.84. The van der Waals surface area contributed by atoms with Crippen LogP contribution in [0.1, 0.15) is 23.7 Å². The third kappa shape index (κ3) is 1.79. The summed E-state index contributed by atoms with van der Waals surface area (Å²) in [6, 6.07) is 4.02. The Bertz CT molecular complexity index is 308. The van der Waals surface area contributed by atoms with Gasteiger partial charge in [-0.25, -0.2) is 0 Å². The van der Waals surface area contributed by atoms with E-state index in [1.54, 1.807) is 6.20 Å². The molecule has 2 unspecified atom stereocenters. The second-order valence-corrected chi connectivity index (χ2v) is 3.85. The van der Waals surface area contributed by atoms with Crippen LogP contribution in [0.15, 0.2) is 18.3 Å². The molecule has 0 amide bonds. The molecule has 0 saturated carbocycles. The first-order chi connectivity index (χ1) is 6.79. The Labute approximate surface area is 84.3 Å². The standard InChI is InChI=1S/C11H16N2O/c1-8-3-2-5-13-11(8)10(12)9-4-6-14-7-9/h2-3,5,9-10H,4,6-7,12H2,1H3. The maximum Gasteiger partial charge on any atom is 0.0603 e. The summed E-state index contributed by atoms with van der Waals surface area (Å²) in [6.07, 6.45) is 2.86. The third-order valence-electron chi connectivity index (χ3n) is 2.84. The summed E-state index contributed by atoms with van der Waals surface area (Å²) >= 11 is 0. The fraction of sp³-hybridized carbons (Fsp3) is 0.545. The van der Waals surface area contributed by atoms with Crippen LogP contribution in [0.3, 0.4) is 0 Å². The van der Waals surface area contributed by atoms with Crippen molar-refractivity contribution in [1.82, 2.24) is 4.98 Å². The number of nitrogens with zero attached hydrogens (tertiary/aromatic N) is 1. The molecule has 14 heavy (non-hydrogen) atoms. The Morgan fingerprint density at radius 3 is 3.14 bits per heavy atom. The average molecular weight is 192 g/mol. The molecule has 76 valence electrons. The first-order valence-electron chi connectivity index (χ1n) is 5.04. The smallest absolute Gasteiger partial charge is 0.0603 e. The SMILES string of the molecule is Cc1cccnc1C(N)C1CCOC1. The zero-order chi connectivity index (χ0) is 9.97. The van der Waals surface area contributed by atoms with E-state index >= 15 is 0 Å². The predicted molar refractivity (Wildman–Crippen MR) is 54.8 cm³/mol. The van der Waals surface area contributed by atoms with Crippen molar-refractivity contribution in [3.63, 3.8) is 0 Å². The summed E-state index contributed by atoms with van der Waals surface area (Å²) in [4.78, 5) is 4.34. The number of rotatable bonds is 2. The molecule has 0 bridgehead atoms. The van der Waals surface area contributed by atoms with Gasteiger partial charge in [-0.1, -0.05) is 6.07 Å². The van der Waals surface area contributed by atoms with E-state index in [1.807, 2.05) is 6.07 Å². The van der Waals surface area contributed by atoms with E-state index < -0.39 is 0 Å². The zero-order valence-electron chi connectivity index (χ0n) is 8.44. The second kappa shape index (κ2) is 4.07. The Morgan fingerprint density at radius 1 is 1.64 bits per heavy atom. The van der Waals surface area contributed by atoms with Crippen molar-refractivity contribution in [1.29, 1.82) is 0 Å². The highest BCUT2D eigenvalue weighted by Crippen LogP contribution is 2.26. The molecule has 3 heteroatoms. The number of aromatic nitrogens is 1. The molecule has 1 aromatic rings. The summed E-state index contributed by atoms with van der Waals surface area (Å²) in [5, 5.41) is 0. The Balaban J connectivity index is 2.17. The van der Waals surface area contributed by atoms with Gasteiger partial charge in [0, 0.05) is 18.7 Å². The van der Waals surface area contributed by atoms with Crippen LogP contribution in [0.4, 0.5) is 0 Å². The highest BCUT2D eigenvalue weighted by molar-refractivity contribution is 5.21. The molecular weight excluding hydrogens is 176 g/mol. The molecule has 0 spiro atoms. The predicted octanol–water partition coefficient (Wildman–Crippen LogP) is 1.43. The van der Waals surface area contributed by atoms with Gasteiger partial charge in [-0.05, 0) is 25.0 Å².